The molecule has 16 heavy (non-hydrogen) atoms. The molecule has 0 atom stereocenters. The van der Waals surface area contributed by atoms with Crippen LogP contribution >= 0.6 is 0 Å². The average Bonchev–Trinajstić information content (AvgIpc) is 2.77. The summed E-state index contributed by atoms with van der Waals surface area (Å²) in [6.45, 7) is 2.53. The lowest BCUT2D eigenvalue weighted by Crippen LogP contribution is -2.22. The second-order valence-electron chi connectivity index (χ2n) is 4.17. The van der Waals surface area contributed by atoms with Crippen molar-refractivity contribution in [1.82, 2.24) is 5.32 Å². The summed E-state index contributed by atoms with van der Waals surface area (Å²) in [5.74, 6) is 1.72. The molecule has 0 unspecified atom stereocenters. The van der Waals surface area contributed by atoms with Gasteiger partial charge in [0.25, 0.3) is 0 Å². The van der Waals surface area contributed by atoms with Crippen LogP contribution in [0.5, 0.6) is 11.5 Å². The van der Waals surface area contributed by atoms with Gasteiger partial charge in [0.15, 0.2) is 11.5 Å². The van der Waals surface area contributed by atoms with Gasteiger partial charge in [-0.2, -0.15) is 0 Å². The highest BCUT2D eigenvalue weighted by Crippen LogP contribution is 2.33. The van der Waals surface area contributed by atoms with Crippen molar-refractivity contribution < 1.29 is 9.47 Å². The van der Waals surface area contributed by atoms with Crippen LogP contribution in [0, 0.1) is 0 Å². The molecular weight excluding hydrogens is 202 g/mol. The molecule has 1 fully saturated rings. The van der Waals surface area contributed by atoms with Gasteiger partial charge in [0.05, 0.1) is 0 Å². The predicted octanol–water partition coefficient (Wildman–Crippen LogP) is 2.18. The number of nitrogens with one attached hydrogen (secondary N) is 1. The third kappa shape index (κ3) is 1.91. The molecule has 0 spiro atoms. The molecule has 1 aromatic rings. The minimum Gasteiger partial charge on any atom is -0.454 e. The standard InChI is InChI=1S/C13H15NO2/c1-2-12-13(16-9-15-12)8-11(1)7-10-3-5-14-6-4-10/h1-2,7-8,14H,3-6,9H2. The molecule has 2 heterocycles. The van der Waals surface area contributed by atoms with E-state index in [1.165, 1.54) is 11.1 Å². The zero-order valence-electron chi connectivity index (χ0n) is 9.16. The minimum atomic E-state index is 0.347. The van der Waals surface area contributed by atoms with Crippen LogP contribution in [0.2, 0.25) is 0 Å². The Morgan fingerprint density at radius 1 is 1.06 bits per heavy atom. The van der Waals surface area contributed by atoms with Crippen LogP contribution in [0.3, 0.4) is 0 Å². The lowest BCUT2D eigenvalue weighted by Gasteiger charge is -2.15. The molecule has 1 saturated heterocycles. The summed E-state index contributed by atoms with van der Waals surface area (Å²) < 4.78 is 10.7. The van der Waals surface area contributed by atoms with Crippen LogP contribution < -0.4 is 14.8 Å². The largest absolute Gasteiger partial charge is 0.454 e. The molecule has 2 aliphatic heterocycles. The van der Waals surface area contributed by atoms with Crippen LogP contribution in [-0.2, 0) is 0 Å². The summed E-state index contributed by atoms with van der Waals surface area (Å²) in [7, 11) is 0. The van der Waals surface area contributed by atoms with Gasteiger partial charge >= 0.3 is 0 Å². The summed E-state index contributed by atoms with van der Waals surface area (Å²) in [6, 6.07) is 6.12. The summed E-state index contributed by atoms with van der Waals surface area (Å²) in [5.41, 5.74) is 2.72. The number of hydrogen-bond acceptors (Lipinski definition) is 3. The van der Waals surface area contributed by atoms with E-state index >= 15 is 0 Å². The number of fused-ring (bicyclic) bond motifs is 1. The average molecular weight is 217 g/mol. The van der Waals surface area contributed by atoms with E-state index in [2.05, 4.69) is 23.5 Å². The zero-order chi connectivity index (χ0) is 10.8. The van der Waals surface area contributed by atoms with Crippen molar-refractivity contribution in [2.24, 2.45) is 0 Å². The van der Waals surface area contributed by atoms with Crippen LogP contribution in [-0.4, -0.2) is 19.9 Å². The van der Waals surface area contributed by atoms with Crippen molar-refractivity contribution in [2.75, 3.05) is 19.9 Å². The topological polar surface area (TPSA) is 30.5 Å². The van der Waals surface area contributed by atoms with E-state index in [0.717, 1.165) is 37.4 Å². The Morgan fingerprint density at radius 3 is 2.75 bits per heavy atom. The fourth-order valence-electron chi connectivity index (χ4n) is 2.13. The molecule has 0 aliphatic carbocycles. The van der Waals surface area contributed by atoms with Gasteiger partial charge in [0, 0.05) is 0 Å². The van der Waals surface area contributed by atoms with E-state index in [0.29, 0.717) is 6.79 Å². The Labute approximate surface area is 95.1 Å². The van der Waals surface area contributed by atoms with Gasteiger partial charge in [-0.1, -0.05) is 17.7 Å². The first-order valence-corrected chi connectivity index (χ1v) is 5.72. The number of piperidine rings is 1. The van der Waals surface area contributed by atoms with Crippen molar-refractivity contribution >= 4 is 6.08 Å². The maximum Gasteiger partial charge on any atom is 0.231 e. The number of benzene rings is 1. The van der Waals surface area contributed by atoms with E-state index in [-0.39, 0.29) is 0 Å². The van der Waals surface area contributed by atoms with Crippen LogP contribution in [0.4, 0.5) is 0 Å². The quantitative estimate of drug-likeness (QED) is 0.782. The van der Waals surface area contributed by atoms with Gasteiger partial charge in [-0.25, -0.2) is 0 Å². The van der Waals surface area contributed by atoms with Gasteiger partial charge in [0.1, 0.15) is 0 Å². The third-order valence-electron chi connectivity index (χ3n) is 3.01. The molecule has 1 aromatic carbocycles. The van der Waals surface area contributed by atoms with Crippen molar-refractivity contribution in [3.05, 3.63) is 29.3 Å². The molecule has 0 amide bonds. The zero-order valence-corrected chi connectivity index (χ0v) is 9.16. The van der Waals surface area contributed by atoms with Gasteiger partial charge in [-0.15, -0.1) is 0 Å². The Morgan fingerprint density at radius 2 is 1.88 bits per heavy atom. The Balaban J connectivity index is 1.84. The summed E-state index contributed by atoms with van der Waals surface area (Å²) >= 11 is 0. The SMILES string of the molecule is C(=C1CCNCC1)c1ccc2c(c1)OCO2. The molecule has 3 rings (SSSR count). The van der Waals surface area contributed by atoms with E-state index in [4.69, 9.17) is 9.47 Å². The first kappa shape index (κ1) is 9.73. The van der Waals surface area contributed by atoms with E-state index in [1.807, 2.05) is 6.07 Å². The molecular formula is C13H15NO2. The van der Waals surface area contributed by atoms with Crippen LogP contribution in [0.1, 0.15) is 18.4 Å². The smallest absolute Gasteiger partial charge is 0.231 e. The Bertz CT molecular complexity index is 418. The highest BCUT2D eigenvalue weighted by atomic mass is 16.7. The lowest BCUT2D eigenvalue weighted by atomic mass is 10.0. The van der Waals surface area contributed by atoms with Crippen LogP contribution in [0.15, 0.2) is 23.8 Å². The van der Waals surface area contributed by atoms with Crippen LogP contribution in [0.25, 0.3) is 6.08 Å². The molecule has 0 aromatic heterocycles. The highest BCUT2D eigenvalue weighted by Gasteiger charge is 2.13. The van der Waals surface area contributed by atoms with Gasteiger partial charge in [-0.05, 0) is 43.6 Å². The number of ether oxygens (including phenoxy) is 2. The van der Waals surface area contributed by atoms with Crippen molar-refractivity contribution in [2.45, 2.75) is 12.8 Å². The first-order chi connectivity index (χ1) is 7.92. The normalized spacial score (nSPS) is 18.6. The maximum absolute atomic E-state index is 5.36. The summed E-state index contributed by atoms with van der Waals surface area (Å²) in [5, 5.41) is 3.36. The number of hydrogen-bond donors (Lipinski definition) is 1. The first-order valence-electron chi connectivity index (χ1n) is 5.72. The molecule has 2 aliphatic rings. The van der Waals surface area contributed by atoms with Crippen molar-refractivity contribution in [3.8, 4) is 11.5 Å². The molecule has 1 N–H and O–H groups in total. The second-order valence-corrected chi connectivity index (χ2v) is 4.17. The molecule has 0 saturated carbocycles. The lowest BCUT2D eigenvalue weighted by molar-refractivity contribution is 0.174. The highest BCUT2D eigenvalue weighted by molar-refractivity contribution is 5.58. The van der Waals surface area contributed by atoms with Gasteiger partial charge < -0.3 is 14.8 Å². The summed E-state index contributed by atoms with van der Waals surface area (Å²) in [4.78, 5) is 0. The second kappa shape index (κ2) is 4.18. The van der Waals surface area contributed by atoms with E-state index in [1.54, 1.807) is 0 Å². The molecule has 3 heteroatoms. The van der Waals surface area contributed by atoms with Gasteiger partial charge in [-0.3, -0.25) is 0 Å². The van der Waals surface area contributed by atoms with E-state index in [9.17, 15) is 0 Å². The number of rotatable bonds is 1. The predicted molar refractivity (Wildman–Crippen MR) is 62.6 cm³/mol. The van der Waals surface area contributed by atoms with Crippen molar-refractivity contribution in [3.63, 3.8) is 0 Å². The molecule has 0 bridgehead atoms. The Kier molecular flexibility index (Phi) is 2.54. The van der Waals surface area contributed by atoms with Crippen molar-refractivity contribution in [1.29, 1.82) is 0 Å². The summed E-state index contributed by atoms with van der Waals surface area (Å²) in [6.07, 6.45) is 4.56. The molecule has 84 valence electrons. The fourth-order valence-corrected chi connectivity index (χ4v) is 2.13. The molecule has 0 radical (unpaired) electrons. The Hall–Kier alpha value is -1.48. The van der Waals surface area contributed by atoms with E-state index < -0.39 is 0 Å². The van der Waals surface area contributed by atoms with Gasteiger partial charge in [0.2, 0.25) is 6.79 Å². The maximum atomic E-state index is 5.36. The fraction of sp³-hybridized carbons (Fsp3) is 0.385. The minimum absolute atomic E-state index is 0.347. The monoisotopic (exact) mass is 217 g/mol. The molecule has 3 nitrogen and oxygen atoms in total. The third-order valence-corrected chi connectivity index (χ3v) is 3.01.